The Kier molecular flexibility index (Phi) is 6.23. The Labute approximate surface area is 130 Å². The Bertz CT molecular complexity index is 479. The molecule has 0 radical (unpaired) electrons. The van der Waals surface area contributed by atoms with Crippen LogP contribution in [-0.2, 0) is 11.2 Å². The third-order valence-electron chi connectivity index (χ3n) is 3.44. The molecule has 0 bridgehead atoms. The zero-order valence-corrected chi connectivity index (χ0v) is 13.5. The van der Waals surface area contributed by atoms with E-state index >= 15 is 0 Å². The smallest absolute Gasteiger partial charge is 0.226 e. The maximum Gasteiger partial charge on any atom is 0.226 e. The van der Waals surface area contributed by atoms with Crippen molar-refractivity contribution in [1.29, 1.82) is 0 Å². The molecule has 0 aliphatic carbocycles. The van der Waals surface area contributed by atoms with E-state index in [1.807, 2.05) is 30.0 Å². The quantitative estimate of drug-likeness (QED) is 0.786. The van der Waals surface area contributed by atoms with E-state index in [1.165, 1.54) is 6.42 Å². The molecule has 0 spiro atoms. The molecule has 1 aromatic carbocycles. The second kappa shape index (κ2) is 8.17. The molecule has 1 aromatic rings. The summed E-state index contributed by atoms with van der Waals surface area (Å²) in [7, 11) is 1.63. The van der Waals surface area contributed by atoms with Crippen molar-refractivity contribution in [1.82, 2.24) is 5.32 Å². The van der Waals surface area contributed by atoms with Gasteiger partial charge in [0.25, 0.3) is 0 Å². The normalized spacial score (nSPS) is 16.8. The second-order valence-corrected chi connectivity index (χ2v) is 6.29. The van der Waals surface area contributed by atoms with Crippen molar-refractivity contribution >= 4 is 17.7 Å². The first-order valence-corrected chi connectivity index (χ1v) is 8.55. The third kappa shape index (κ3) is 4.30. The van der Waals surface area contributed by atoms with E-state index in [4.69, 9.17) is 9.47 Å². The van der Waals surface area contributed by atoms with Gasteiger partial charge < -0.3 is 14.8 Å². The van der Waals surface area contributed by atoms with Crippen LogP contribution in [0.25, 0.3) is 0 Å². The molecule has 1 heterocycles. The average Bonchev–Trinajstić information content (AvgIpc) is 2.53. The van der Waals surface area contributed by atoms with Crippen molar-refractivity contribution in [3.63, 3.8) is 0 Å². The number of thioether (sulfide) groups is 1. The summed E-state index contributed by atoms with van der Waals surface area (Å²) >= 11 is 1.87. The van der Waals surface area contributed by atoms with E-state index in [0.717, 1.165) is 35.1 Å². The summed E-state index contributed by atoms with van der Waals surface area (Å²) in [4.78, 5) is 12.2. The fraction of sp³-hybridized carbons (Fsp3) is 0.562. The molecule has 116 valence electrons. The molecule has 0 saturated heterocycles. The van der Waals surface area contributed by atoms with Gasteiger partial charge in [0.15, 0.2) is 11.5 Å². The van der Waals surface area contributed by atoms with Crippen LogP contribution in [0.2, 0.25) is 0 Å². The van der Waals surface area contributed by atoms with Crippen LogP contribution < -0.4 is 14.8 Å². The Hall–Kier alpha value is -1.36. The number of benzene rings is 1. The van der Waals surface area contributed by atoms with E-state index in [0.29, 0.717) is 13.0 Å². The number of rotatable bonds is 7. The van der Waals surface area contributed by atoms with Crippen molar-refractivity contribution in [3.05, 3.63) is 23.8 Å². The van der Waals surface area contributed by atoms with Crippen LogP contribution in [0, 0.1) is 5.92 Å². The molecular formula is C16H23NO3S. The summed E-state index contributed by atoms with van der Waals surface area (Å²) in [6, 6.07) is 5.81. The van der Waals surface area contributed by atoms with Crippen molar-refractivity contribution in [2.75, 3.05) is 31.8 Å². The molecule has 1 aliphatic rings. The highest BCUT2D eigenvalue weighted by atomic mass is 32.2. The lowest BCUT2D eigenvalue weighted by Gasteiger charge is -2.25. The molecule has 0 aromatic heterocycles. The van der Waals surface area contributed by atoms with Gasteiger partial charge in [0, 0.05) is 12.3 Å². The second-order valence-electron chi connectivity index (χ2n) is 5.06. The molecule has 1 atom stereocenters. The number of para-hydroxylation sites is 1. The first-order valence-electron chi connectivity index (χ1n) is 7.40. The fourth-order valence-corrected chi connectivity index (χ4v) is 3.10. The summed E-state index contributed by atoms with van der Waals surface area (Å²) in [5.41, 5.74) is 1.04. The Morgan fingerprint density at radius 1 is 1.48 bits per heavy atom. The van der Waals surface area contributed by atoms with Gasteiger partial charge in [-0.15, -0.1) is 0 Å². The monoisotopic (exact) mass is 309 g/mol. The Morgan fingerprint density at radius 2 is 2.33 bits per heavy atom. The van der Waals surface area contributed by atoms with Crippen molar-refractivity contribution in [2.24, 2.45) is 5.92 Å². The number of carbonyl (C=O) groups is 1. The lowest BCUT2D eigenvalue weighted by molar-refractivity contribution is -0.126. The lowest BCUT2D eigenvalue weighted by Crippen LogP contribution is -2.38. The van der Waals surface area contributed by atoms with Crippen molar-refractivity contribution in [2.45, 2.75) is 19.8 Å². The minimum Gasteiger partial charge on any atom is -0.493 e. The van der Waals surface area contributed by atoms with E-state index in [1.54, 1.807) is 7.11 Å². The molecule has 5 heteroatoms. The Morgan fingerprint density at radius 3 is 3.10 bits per heavy atom. The van der Waals surface area contributed by atoms with Gasteiger partial charge in [0.05, 0.1) is 13.0 Å². The molecule has 0 fully saturated rings. The van der Waals surface area contributed by atoms with Gasteiger partial charge in [0.1, 0.15) is 6.61 Å². The van der Waals surface area contributed by atoms with Crippen molar-refractivity contribution < 1.29 is 14.3 Å². The summed E-state index contributed by atoms with van der Waals surface area (Å²) in [6.07, 6.45) is 1.88. The van der Waals surface area contributed by atoms with Gasteiger partial charge in [-0.2, -0.15) is 11.8 Å². The largest absolute Gasteiger partial charge is 0.493 e. The summed E-state index contributed by atoms with van der Waals surface area (Å²) in [5.74, 6) is 3.61. The van der Waals surface area contributed by atoms with Gasteiger partial charge >= 0.3 is 0 Å². The standard InChI is InChI=1S/C16H23NO3S/c1-3-8-21-9-7-17-16(18)13-10-12-5-4-6-14(19-2)15(12)20-11-13/h4-6,13H,3,7-11H2,1-2H3,(H,17,18)/t13-/m1/s1. The highest BCUT2D eigenvalue weighted by Gasteiger charge is 2.27. The van der Waals surface area contributed by atoms with Gasteiger partial charge in [-0.3, -0.25) is 4.79 Å². The third-order valence-corrected chi connectivity index (χ3v) is 4.63. The number of fused-ring (bicyclic) bond motifs is 1. The fourth-order valence-electron chi connectivity index (χ4n) is 2.36. The molecule has 2 rings (SSSR count). The molecule has 0 unspecified atom stereocenters. The van der Waals surface area contributed by atoms with Crippen molar-refractivity contribution in [3.8, 4) is 11.5 Å². The van der Waals surface area contributed by atoms with Gasteiger partial charge in [0.2, 0.25) is 5.91 Å². The zero-order valence-electron chi connectivity index (χ0n) is 12.7. The van der Waals surface area contributed by atoms with Gasteiger partial charge in [-0.05, 0) is 30.2 Å². The minimum atomic E-state index is -0.110. The molecule has 21 heavy (non-hydrogen) atoms. The number of ether oxygens (including phenoxy) is 2. The maximum absolute atomic E-state index is 12.2. The van der Waals surface area contributed by atoms with Crippen LogP contribution >= 0.6 is 11.8 Å². The lowest BCUT2D eigenvalue weighted by atomic mass is 9.95. The maximum atomic E-state index is 12.2. The van der Waals surface area contributed by atoms with Crippen LogP contribution in [0.4, 0.5) is 0 Å². The Balaban J connectivity index is 1.85. The summed E-state index contributed by atoms with van der Waals surface area (Å²) in [5, 5.41) is 3.00. The summed E-state index contributed by atoms with van der Waals surface area (Å²) < 4.78 is 11.0. The average molecular weight is 309 g/mol. The molecular weight excluding hydrogens is 286 g/mol. The SMILES string of the molecule is CCCSCCNC(=O)[C@H]1COc2c(cccc2OC)C1. The molecule has 1 N–H and O–H groups in total. The van der Waals surface area contributed by atoms with Crippen LogP contribution in [0.3, 0.4) is 0 Å². The van der Waals surface area contributed by atoms with Crippen LogP contribution in [0.5, 0.6) is 11.5 Å². The zero-order chi connectivity index (χ0) is 15.1. The van der Waals surface area contributed by atoms with Crippen LogP contribution in [0.1, 0.15) is 18.9 Å². The number of hydrogen-bond donors (Lipinski definition) is 1. The van der Waals surface area contributed by atoms with E-state index in [-0.39, 0.29) is 11.8 Å². The first-order chi connectivity index (χ1) is 10.3. The number of methoxy groups -OCH3 is 1. The molecule has 4 nitrogen and oxygen atoms in total. The highest BCUT2D eigenvalue weighted by Crippen LogP contribution is 2.35. The first kappa shape index (κ1) is 16.0. The number of amides is 1. The predicted molar refractivity (Wildman–Crippen MR) is 86.3 cm³/mol. The van der Waals surface area contributed by atoms with E-state index in [9.17, 15) is 4.79 Å². The van der Waals surface area contributed by atoms with E-state index in [2.05, 4.69) is 12.2 Å². The highest BCUT2D eigenvalue weighted by molar-refractivity contribution is 7.99. The number of nitrogens with one attached hydrogen (secondary N) is 1. The topological polar surface area (TPSA) is 47.6 Å². The molecule has 0 saturated carbocycles. The van der Waals surface area contributed by atoms with Crippen LogP contribution in [0.15, 0.2) is 18.2 Å². The minimum absolute atomic E-state index is 0.0839. The predicted octanol–water partition coefficient (Wildman–Crippen LogP) is 2.51. The summed E-state index contributed by atoms with van der Waals surface area (Å²) in [6.45, 7) is 3.31. The number of carbonyl (C=O) groups excluding carboxylic acids is 1. The van der Waals surface area contributed by atoms with Gasteiger partial charge in [-0.1, -0.05) is 19.1 Å². The van der Waals surface area contributed by atoms with Gasteiger partial charge in [-0.25, -0.2) is 0 Å². The van der Waals surface area contributed by atoms with Crippen LogP contribution in [-0.4, -0.2) is 37.7 Å². The van der Waals surface area contributed by atoms with E-state index < -0.39 is 0 Å². The molecule has 1 aliphatic heterocycles. The number of hydrogen-bond acceptors (Lipinski definition) is 4. The molecule has 1 amide bonds.